The van der Waals surface area contributed by atoms with Crippen molar-refractivity contribution >= 4 is 43.4 Å². The first-order valence-corrected chi connectivity index (χ1v) is 8.72. The van der Waals surface area contributed by atoms with Gasteiger partial charge in [0.25, 0.3) is 5.56 Å². The Hall–Kier alpha value is -3.26. The third kappa shape index (κ3) is 2.83. The number of hydrogen-bond donors (Lipinski definition) is 0. The summed E-state index contributed by atoms with van der Waals surface area (Å²) in [4.78, 5) is 28.0. The summed E-state index contributed by atoms with van der Waals surface area (Å²) in [5.41, 5.74) is 1.22. The molecule has 0 aliphatic heterocycles. The average Bonchev–Trinajstić information content (AvgIpc) is 2.67. The highest BCUT2D eigenvalue weighted by Crippen LogP contribution is 2.31. The maximum Gasteiger partial charge on any atom is 0.313 e. The number of pyridine rings is 2. The molecule has 0 N–H and O–H groups in total. The molecular weight excluding hydrogens is 414 g/mol. The number of fused-ring (bicyclic) bond motifs is 3. The van der Waals surface area contributed by atoms with Crippen molar-refractivity contribution in [3.63, 3.8) is 0 Å². The fraction of sp³-hybridized carbons (Fsp3) is 0.0526. The smallest absolute Gasteiger partial charge is 0.313 e. The van der Waals surface area contributed by atoms with Gasteiger partial charge >= 0.3 is 5.69 Å². The molecular formula is C19H12BrN3O4. The maximum atomic E-state index is 12.7. The van der Waals surface area contributed by atoms with Gasteiger partial charge in [-0.1, -0.05) is 15.9 Å². The summed E-state index contributed by atoms with van der Waals surface area (Å²) in [5, 5.41) is 12.9. The van der Waals surface area contributed by atoms with Crippen molar-refractivity contribution in [3.05, 3.63) is 79.7 Å². The number of nitrogens with zero attached hydrogens (tertiary/aromatic N) is 3. The molecule has 0 aliphatic rings. The molecule has 2 heterocycles. The molecule has 0 atom stereocenters. The van der Waals surface area contributed by atoms with Crippen molar-refractivity contribution in [1.82, 2.24) is 9.55 Å². The van der Waals surface area contributed by atoms with E-state index < -0.39 is 4.92 Å². The van der Waals surface area contributed by atoms with E-state index in [4.69, 9.17) is 4.74 Å². The SMILES string of the molecule is COc1ccc(-n2c(=O)ccc3cnc4ccc(Br)cc4c32)cc1[N+](=O)[O-]. The zero-order valence-corrected chi connectivity index (χ0v) is 15.6. The molecule has 8 heteroatoms. The second kappa shape index (κ2) is 6.48. The van der Waals surface area contributed by atoms with Crippen LogP contribution < -0.4 is 10.3 Å². The number of rotatable bonds is 3. The second-order valence-electron chi connectivity index (χ2n) is 5.84. The highest BCUT2D eigenvalue weighted by Gasteiger charge is 2.18. The summed E-state index contributed by atoms with van der Waals surface area (Å²) in [6.45, 7) is 0. The first kappa shape index (κ1) is 17.2. The van der Waals surface area contributed by atoms with E-state index in [2.05, 4.69) is 20.9 Å². The average molecular weight is 426 g/mol. The molecule has 0 amide bonds. The number of ether oxygens (including phenoxy) is 1. The van der Waals surface area contributed by atoms with E-state index in [1.807, 2.05) is 18.2 Å². The Morgan fingerprint density at radius 2 is 1.96 bits per heavy atom. The van der Waals surface area contributed by atoms with Crippen LogP contribution in [0, 0.1) is 10.1 Å². The van der Waals surface area contributed by atoms with Crippen LogP contribution in [0.2, 0.25) is 0 Å². The van der Waals surface area contributed by atoms with E-state index in [1.54, 1.807) is 18.3 Å². The van der Waals surface area contributed by atoms with Crippen LogP contribution in [-0.2, 0) is 0 Å². The van der Waals surface area contributed by atoms with Crippen LogP contribution in [0.1, 0.15) is 0 Å². The fourth-order valence-electron chi connectivity index (χ4n) is 3.10. The summed E-state index contributed by atoms with van der Waals surface area (Å²) in [5.74, 6) is 0.131. The number of nitro groups is 1. The van der Waals surface area contributed by atoms with Gasteiger partial charge in [0.1, 0.15) is 0 Å². The number of benzene rings is 2. The first-order chi connectivity index (χ1) is 13.0. The molecule has 134 valence electrons. The number of methoxy groups -OCH3 is 1. The molecule has 4 aromatic rings. The molecule has 27 heavy (non-hydrogen) atoms. The van der Waals surface area contributed by atoms with E-state index in [0.717, 1.165) is 15.2 Å². The van der Waals surface area contributed by atoms with Crippen molar-refractivity contribution in [3.8, 4) is 11.4 Å². The molecule has 0 saturated heterocycles. The summed E-state index contributed by atoms with van der Waals surface area (Å²) < 4.78 is 7.35. The van der Waals surface area contributed by atoms with E-state index in [-0.39, 0.29) is 17.0 Å². The minimum absolute atomic E-state index is 0.131. The Bertz CT molecular complexity index is 1280. The molecule has 7 nitrogen and oxygen atoms in total. The molecule has 0 aliphatic carbocycles. The van der Waals surface area contributed by atoms with Crippen LogP contribution in [-0.4, -0.2) is 21.6 Å². The molecule has 0 unspecified atom stereocenters. The minimum atomic E-state index is -0.533. The molecule has 0 saturated carbocycles. The third-order valence-corrected chi connectivity index (χ3v) is 4.79. The van der Waals surface area contributed by atoms with Gasteiger partial charge in [0.05, 0.1) is 28.8 Å². The number of halogens is 1. The van der Waals surface area contributed by atoms with Crippen LogP contribution >= 0.6 is 15.9 Å². The Morgan fingerprint density at radius 1 is 1.15 bits per heavy atom. The van der Waals surface area contributed by atoms with Gasteiger partial charge in [-0.2, -0.15) is 0 Å². The molecule has 4 rings (SSSR count). The van der Waals surface area contributed by atoms with Crippen LogP contribution in [0.4, 0.5) is 5.69 Å². The second-order valence-corrected chi connectivity index (χ2v) is 6.76. The van der Waals surface area contributed by atoms with Crippen LogP contribution in [0.5, 0.6) is 5.75 Å². The molecule has 0 fully saturated rings. The summed E-state index contributed by atoms with van der Waals surface area (Å²) >= 11 is 3.45. The summed E-state index contributed by atoms with van der Waals surface area (Å²) in [7, 11) is 1.36. The van der Waals surface area contributed by atoms with Crippen molar-refractivity contribution in [2.24, 2.45) is 0 Å². The normalized spacial score (nSPS) is 11.0. The van der Waals surface area contributed by atoms with Gasteiger partial charge in [0.2, 0.25) is 0 Å². The molecule has 0 radical (unpaired) electrons. The highest BCUT2D eigenvalue weighted by atomic mass is 79.9. The highest BCUT2D eigenvalue weighted by molar-refractivity contribution is 9.10. The standard InChI is InChI=1S/C19H12BrN3O4/c1-27-17-6-4-13(9-16(17)23(25)26)22-18(24)7-2-11-10-21-15-5-3-12(20)8-14(15)19(11)22/h2-10H,1H3. The summed E-state index contributed by atoms with van der Waals surface area (Å²) in [6.07, 6.45) is 1.68. The molecule has 2 aromatic carbocycles. The Kier molecular flexibility index (Phi) is 4.12. The first-order valence-electron chi connectivity index (χ1n) is 7.92. The lowest BCUT2D eigenvalue weighted by Crippen LogP contribution is -2.18. The molecule has 0 spiro atoms. The number of aromatic nitrogens is 2. The van der Waals surface area contributed by atoms with Crippen LogP contribution in [0.3, 0.4) is 0 Å². The van der Waals surface area contributed by atoms with Gasteiger partial charge in [-0.25, -0.2) is 0 Å². The predicted octanol–water partition coefficient (Wildman–Crippen LogP) is 4.22. The van der Waals surface area contributed by atoms with Crippen molar-refractivity contribution in [2.45, 2.75) is 0 Å². The van der Waals surface area contributed by atoms with Gasteiger partial charge in [0, 0.05) is 33.6 Å². The third-order valence-electron chi connectivity index (χ3n) is 4.30. The van der Waals surface area contributed by atoms with Gasteiger partial charge in [-0.3, -0.25) is 24.5 Å². The number of nitro benzene ring substituents is 1. The van der Waals surface area contributed by atoms with Crippen LogP contribution in [0.25, 0.3) is 27.5 Å². The Labute approximate surface area is 161 Å². The van der Waals surface area contributed by atoms with Gasteiger partial charge in [-0.05, 0) is 36.4 Å². The molecule has 0 bridgehead atoms. The largest absolute Gasteiger partial charge is 0.490 e. The van der Waals surface area contributed by atoms with Crippen molar-refractivity contribution < 1.29 is 9.66 Å². The van der Waals surface area contributed by atoms with E-state index in [0.29, 0.717) is 16.7 Å². The quantitative estimate of drug-likeness (QED) is 0.278. The fourth-order valence-corrected chi connectivity index (χ4v) is 3.46. The lowest BCUT2D eigenvalue weighted by atomic mass is 10.1. The lowest BCUT2D eigenvalue weighted by Gasteiger charge is -2.13. The van der Waals surface area contributed by atoms with Crippen molar-refractivity contribution in [1.29, 1.82) is 0 Å². The Balaban J connectivity index is 2.15. The van der Waals surface area contributed by atoms with E-state index in [1.165, 1.54) is 29.9 Å². The van der Waals surface area contributed by atoms with E-state index in [9.17, 15) is 14.9 Å². The van der Waals surface area contributed by atoms with Gasteiger partial charge in [-0.15, -0.1) is 0 Å². The topological polar surface area (TPSA) is 87.3 Å². The lowest BCUT2D eigenvalue weighted by molar-refractivity contribution is -0.385. The van der Waals surface area contributed by atoms with Crippen LogP contribution in [0.15, 0.2) is 64.0 Å². The zero-order chi connectivity index (χ0) is 19.1. The Morgan fingerprint density at radius 3 is 2.70 bits per heavy atom. The van der Waals surface area contributed by atoms with Crippen molar-refractivity contribution in [2.75, 3.05) is 7.11 Å². The minimum Gasteiger partial charge on any atom is -0.490 e. The maximum absolute atomic E-state index is 12.7. The van der Waals surface area contributed by atoms with Gasteiger partial charge < -0.3 is 4.74 Å². The summed E-state index contributed by atoms with van der Waals surface area (Å²) in [6, 6.07) is 13.1. The predicted molar refractivity (Wildman–Crippen MR) is 106 cm³/mol. The monoisotopic (exact) mass is 425 g/mol. The van der Waals surface area contributed by atoms with Gasteiger partial charge in [0.15, 0.2) is 5.75 Å². The molecule has 2 aromatic heterocycles. The zero-order valence-electron chi connectivity index (χ0n) is 14.0. The number of hydrogen-bond acceptors (Lipinski definition) is 5. The van der Waals surface area contributed by atoms with E-state index >= 15 is 0 Å².